The van der Waals surface area contributed by atoms with E-state index in [1.807, 2.05) is 45.4 Å². The summed E-state index contributed by atoms with van der Waals surface area (Å²) in [5.41, 5.74) is 6.59. The van der Waals surface area contributed by atoms with E-state index in [0.717, 1.165) is 53.5 Å². The zero-order valence-electron chi connectivity index (χ0n) is 19.4. The molecule has 3 aromatic rings. The van der Waals surface area contributed by atoms with Gasteiger partial charge in [0, 0.05) is 25.9 Å². The molecule has 0 aliphatic rings. The maximum atomic E-state index is 5.65. The highest BCUT2D eigenvalue weighted by molar-refractivity contribution is 5.75. The van der Waals surface area contributed by atoms with E-state index < -0.39 is 0 Å². The zero-order valence-corrected chi connectivity index (χ0v) is 19.4. The molecule has 0 bridgehead atoms. The summed E-state index contributed by atoms with van der Waals surface area (Å²) < 4.78 is 5.65. The van der Waals surface area contributed by atoms with Crippen molar-refractivity contribution in [2.75, 3.05) is 36.7 Å². The lowest BCUT2D eigenvalue weighted by molar-refractivity contribution is 0.416. The third-order valence-corrected chi connectivity index (χ3v) is 5.28. The molecule has 0 atom stereocenters. The van der Waals surface area contributed by atoms with Gasteiger partial charge in [-0.25, -0.2) is 4.98 Å². The van der Waals surface area contributed by atoms with Crippen LogP contribution in [0.1, 0.15) is 37.0 Å². The van der Waals surface area contributed by atoms with Crippen molar-refractivity contribution in [2.24, 2.45) is 0 Å². The van der Waals surface area contributed by atoms with Crippen molar-refractivity contribution in [1.29, 1.82) is 0 Å². The number of aromatic nitrogens is 2. The predicted octanol–water partition coefficient (Wildman–Crippen LogP) is 5.86. The van der Waals surface area contributed by atoms with Gasteiger partial charge in [0.05, 0.1) is 24.2 Å². The van der Waals surface area contributed by atoms with Crippen LogP contribution >= 0.6 is 0 Å². The molecule has 0 fully saturated rings. The first-order chi connectivity index (χ1) is 15.0. The Bertz CT molecular complexity index is 1030. The first-order valence-corrected chi connectivity index (χ1v) is 10.8. The van der Waals surface area contributed by atoms with Gasteiger partial charge in [0.1, 0.15) is 11.6 Å². The fraction of sp³-hybridized carbons (Fsp3) is 0.360. The molecule has 0 aliphatic carbocycles. The number of nitrogens with zero attached hydrogens (tertiary/aromatic N) is 3. The molecule has 0 spiro atoms. The van der Waals surface area contributed by atoms with Crippen molar-refractivity contribution >= 4 is 28.8 Å². The third-order valence-electron chi connectivity index (χ3n) is 5.28. The molecule has 0 amide bonds. The second-order valence-electron chi connectivity index (χ2n) is 7.81. The SMILES string of the molecule is CCCc1cc(Nc2ncc(C)c(Nc3ccccc3N(C)C)n2)c(OC)cc1CC. The summed E-state index contributed by atoms with van der Waals surface area (Å²) in [7, 11) is 5.75. The summed E-state index contributed by atoms with van der Waals surface area (Å²) in [6, 6.07) is 12.5. The van der Waals surface area contributed by atoms with Crippen LogP contribution in [0.5, 0.6) is 5.75 Å². The van der Waals surface area contributed by atoms with Gasteiger partial charge in [-0.05, 0) is 55.2 Å². The van der Waals surface area contributed by atoms with Crippen LogP contribution in [0, 0.1) is 6.92 Å². The predicted molar refractivity (Wildman–Crippen MR) is 130 cm³/mol. The minimum absolute atomic E-state index is 0.528. The number of methoxy groups -OCH3 is 1. The zero-order chi connectivity index (χ0) is 22.4. The molecule has 0 unspecified atom stereocenters. The van der Waals surface area contributed by atoms with E-state index in [9.17, 15) is 0 Å². The van der Waals surface area contributed by atoms with Crippen LogP contribution in [0.25, 0.3) is 0 Å². The van der Waals surface area contributed by atoms with E-state index in [1.54, 1.807) is 7.11 Å². The number of nitrogens with one attached hydrogen (secondary N) is 2. The number of para-hydroxylation sites is 2. The van der Waals surface area contributed by atoms with Crippen LogP contribution in [0.2, 0.25) is 0 Å². The van der Waals surface area contributed by atoms with Crippen LogP contribution in [-0.4, -0.2) is 31.2 Å². The molecule has 1 aromatic heterocycles. The van der Waals surface area contributed by atoms with E-state index in [0.29, 0.717) is 5.95 Å². The maximum absolute atomic E-state index is 5.65. The van der Waals surface area contributed by atoms with Crippen molar-refractivity contribution < 1.29 is 4.74 Å². The van der Waals surface area contributed by atoms with Gasteiger partial charge >= 0.3 is 0 Å². The van der Waals surface area contributed by atoms with Gasteiger partial charge < -0.3 is 20.3 Å². The molecule has 3 rings (SSSR count). The quantitative estimate of drug-likeness (QED) is 0.453. The number of benzene rings is 2. The number of aryl methyl sites for hydroxylation is 3. The van der Waals surface area contributed by atoms with Gasteiger partial charge in [-0.3, -0.25) is 0 Å². The van der Waals surface area contributed by atoms with Crippen molar-refractivity contribution in [3.63, 3.8) is 0 Å². The standard InChI is InChI=1S/C25H33N5O/c1-7-11-19-14-21(23(31-6)15-18(19)8-2)28-25-26-16-17(3)24(29-25)27-20-12-9-10-13-22(20)30(4)5/h9-10,12-16H,7-8,11H2,1-6H3,(H2,26,27,28,29). The molecule has 31 heavy (non-hydrogen) atoms. The summed E-state index contributed by atoms with van der Waals surface area (Å²) >= 11 is 0. The summed E-state index contributed by atoms with van der Waals surface area (Å²) in [5.74, 6) is 2.10. The number of rotatable bonds is 9. The second-order valence-corrected chi connectivity index (χ2v) is 7.81. The third kappa shape index (κ3) is 5.26. The molecule has 0 aliphatic heterocycles. The van der Waals surface area contributed by atoms with E-state index in [-0.39, 0.29) is 0 Å². The molecular weight excluding hydrogens is 386 g/mol. The van der Waals surface area contributed by atoms with E-state index in [2.05, 4.69) is 52.6 Å². The highest BCUT2D eigenvalue weighted by atomic mass is 16.5. The van der Waals surface area contributed by atoms with Gasteiger partial charge in [-0.15, -0.1) is 0 Å². The number of ether oxygens (including phenoxy) is 1. The maximum Gasteiger partial charge on any atom is 0.229 e. The summed E-state index contributed by atoms with van der Waals surface area (Å²) in [6.07, 6.45) is 4.94. The van der Waals surface area contributed by atoms with Gasteiger partial charge in [-0.1, -0.05) is 32.4 Å². The normalized spacial score (nSPS) is 10.6. The lowest BCUT2D eigenvalue weighted by atomic mass is 9.99. The van der Waals surface area contributed by atoms with E-state index in [1.165, 1.54) is 11.1 Å². The Morgan fingerprint density at radius 3 is 2.45 bits per heavy atom. The molecule has 2 aromatic carbocycles. The molecule has 164 valence electrons. The molecule has 6 heteroatoms. The fourth-order valence-corrected chi connectivity index (χ4v) is 3.61. The molecule has 1 heterocycles. The molecule has 0 saturated heterocycles. The van der Waals surface area contributed by atoms with Gasteiger partial charge in [0.15, 0.2) is 0 Å². The Morgan fingerprint density at radius 1 is 1.00 bits per heavy atom. The van der Waals surface area contributed by atoms with Crippen molar-refractivity contribution in [3.05, 3.63) is 59.3 Å². The van der Waals surface area contributed by atoms with Gasteiger partial charge in [-0.2, -0.15) is 4.98 Å². The number of anilines is 5. The lowest BCUT2D eigenvalue weighted by Crippen LogP contribution is -2.11. The highest BCUT2D eigenvalue weighted by Crippen LogP contribution is 2.32. The van der Waals surface area contributed by atoms with E-state index >= 15 is 0 Å². The molecule has 0 radical (unpaired) electrons. The van der Waals surface area contributed by atoms with Crippen LogP contribution in [0.3, 0.4) is 0 Å². The number of hydrogen-bond acceptors (Lipinski definition) is 6. The smallest absolute Gasteiger partial charge is 0.229 e. The second kappa shape index (κ2) is 10.2. The topological polar surface area (TPSA) is 62.3 Å². The summed E-state index contributed by atoms with van der Waals surface area (Å²) in [6.45, 7) is 6.37. The molecule has 2 N–H and O–H groups in total. The van der Waals surface area contributed by atoms with Crippen LogP contribution in [0.15, 0.2) is 42.6 Å². The van der Waals surface area contributed by atoms with Crippen LogP contribution < -0.4 is 20.3 Å². The average molecular weight is 420 g/mol. The number of hydrogen-bond donors (Lipinski definition) is 2. The monoisotopic (exact) mass is 419 g/mol. The Kier molecular flexibility index (Phi) is 7.34. The Balaban J connectivity index is 1.93. The summed E-state index contributed by atoms with van der Waals surface area (Å²) in [5, 5.41) is 6.83. The lowest BCUT2D eigenvalue weighted by Gasteiger charge is -2.19. The first-order valence-electron chi connectivity index (χ1n) is 10.8. The Morgan fingerprint density at radius 2 is 1.77 bits per heavy atom. The van der Waals surface area contributed by atoms with Gasteiger partial charge in [0.25, 0.3) is 0 Å². The average Bonchev–Trinajstić information content (AvgIpc) is 2.76. The fourth-order valence-electron chi connectivity index (χ4n) is 3.61. The minimum Gasteiger partial charge on any atom is -0.495 e. The van der Waals surface area contributed by atoms with Gasteiger partial charge in [0.2, 0.25) is 5.95 Å². The first kappa shape index (κ1) is 22.4. The van der Waals surface area contributed by atoms with Crippen molar-refractivity contribution in [3.8, 4) is 5.75 Å². The minimum atomic E-state index is 0.528. The molecular formula is C25H33N5O. The summed E-state index contributed by atoms with van der Waals surface area (Å²) in [4.78, 5) is 11.3. The van der Waals surface area contributed by atoms with Crippen LogP contribution in [-0.2, 0) is 12.8 Å². The highest BCUT2D eigenvalue weighted by Gasteiger charge is 2.13. The van der Waals surface area contributed by atoms with Crippen molar-refractivity contribution in [2.45, 2.75) is 40.0 Å². The van der Waals surface area contributed by atoms with Crippen molar-refractivity contribution in [1.82, 2.24) is 9.97 Å². The Hall–Kier alpha value is -3.28. The van der Waals surface area contributed by atoms with Crippen LogP contribution in [0.4, 0.5) is 28.8 Å². The largest absolute Gasteiger partial charge is 0.495 e. The molecule has 6 nitrogen and oxygen atoms in total. The molecule has 0 saturated carbocycles. The van der Waals surface area contributed by atoms with E-state index in [4.69, 9.17) is 9.72 Å². The Labute approximate surface area is 185 Å².